The van der Waals surface area contributed by atoms with Crippen LogP contribution >= 0.6 is 27.0 Å². The number of benzene rings is 3. The first kappa shape index (κ1) is 34.3. The molecule has 0 unspecified atom stereocenters. The summed E-state index contributed by atoms with van der Waals surface area (Å²) < 4.78 is 4.68. The van der Waals surface area contributed by atoms with Gasteiger partial charge in [0.25, 0.3) is 0 Å². The van der Waals surface area contributed by atoms with Gasteiger partial charge in [-0.25, -0.2) is 9.36 Å². The van der Waals surface area contributed by atoms with Crippen molar-refractivity contribution in [2.45, 2.75) is 87.4 Å². The molecule has 8 heteroatoms. The van der Waals surface area contributed by atoms with Gasteiger partial charge < -0.3 is 0 Å². The van der Waals surface area contributed by atoms with Gasteiger partial charge >= 0.3 is 35.0 Å². The molecular formula is C44H47Cl2N4PPd. The molecule has 0 radical (unpaired) electrons. The van der Waals surface area contributed by atoms with Crippen molar-refractivity contribution in [1.29, 1.82) is 0 Å². The number of hydrogen-bond donors (Lipinski definition) is 0. The van der Waals surface area contributed by atoms with Crippen molar-refractivity contribution in [3.05, 3.63) is 103 Å². The summed E-state index contributed by atoms with van der Waals surface area (Å²) in [4.78, 5) is 0. The second kappa shape index (κ2) is 13.8. The molecule has 52 heavy (non-hydrogen) atoms. The second-order valence-electron chi connectivity index (χ2n) is 17.3. The van der Waals surface area contributed by atoms with E-state index in [2.05, 4.69) is 113 Å². The van der Waals surface area contributed by atoms with E-state index in [1.807, 2.05) is 0 Å². The van der Waals surface area contributed by atoms with Crippen LogP contribution in [-0.4, -0.2) is 29.9 Å². The van der Waals surface area contributed by atoms with E-state index in [-0.39, 0.29) is 15.9 Å². The van der Waals surface area contributed by atoms with E-state index in [4.69, 9.17) is 29.3 Å². The minimum Gasteiger partial charge on any atom is -0.230 e. The van der Waals surface area contributed by atoms with Crippen LogP contribution < -0.4 is 5.44 Å². The minimum absolute atomic E-state index is 0.106. The van der Waals surface area contributed by atoms with Crippen LogP contribution in [0.1, 0.15) is 77.0 Å². The first-order valence-corrected chi connectivity index (χ1v) is 24.9. The van der Waals surface area contributed by atoms with Crippen LogP contribution in [0.25, 0.3) is 33.9 Å². The van der Waals surface area contributed by atoms with E-state index in [0.717, 1.165) is 63.8 Å². The van der Waals surface area contributed by atoms with Gasteiger partial charge in [-0.05, 0) is 149 Å². The Kier molecular flexibility index (Phi) is 9.09. The van der Waals surface area contributed by atoms with E-state index in [1.54, 1.807) is 5.44 Å². The molecule has 0 spiro atoms. The summed E-state index contributed by atoms with van der Waals surface area (Å²) in [6.45, 7) is 0. The zero-order chi connectivity index (χ0) is 34.9. The van der Waals surface area contributed by atoms with Gasteiger partial charge in [-0.3, -0.25) is 0 Å². The maximum Gasteiger partial charge on any atom is 0.120 e. The topological polar surface area (TPSA) is 35.6 Å². The summed E-state index contributed by atoms with van der Waals surface area (Å²) in [5.74, 6) is 5.68. The molecule has 13 rings (SSSR count). The first-order chi connectivity index (χ1) is 25.5. The van der Waals surface area contributed by atoms with Gasteiger partial charge in [0.2, 0.25) is 0 Å². The number of aromatic nitrogens is 4. The van der Waals surface area contributed by atoms with Gasteiger partial charge in [0.05, 0.1) is 17.3 Å². The normalized spacial score (nSPS) is 32.9. The number of hydrogen-bond acceptors (Lipinski definition) is 2. The fourth-order valence-electron chi connectivity index (χ4n) is 13.3. The zero-order valence-corrected chi connectivity index (χ0v) is 33.5. The maximum absolute atomic E-state index is 5.53. The molecule has 8 fully saturated rings. The quantitative estimate of drug-likeness (QED) is 0.121. The molecule has 2 aromatic heterocycles. The third kappa shape index (κ3) is 5.83. The molecule has 272 valence electrons. The van der Waals surface area contributed by atoms with Gasteiger partial charge in [0.15, 0.2) is 0 Å². The molecule has 4 nitrogen and oxygen atoms in total. The van der Waals surface area contributed by atoms with Gasteiger partial charge in [-0.1, -0.05) is 78.9 Å². The molecule has 8 aliphatic carbocycles. The molecule has 3 aromatic carbocycles. The fourth-order valence-corrected chi connectivity index (χ4v) is 18.5. The van der Waals surface area contributed by atoms with Crippen LogP contribution in [0.2, 0.25) is 0 Å². The molecule has 8 aliphatic rings. The summed E-state index contributed by atoms with van der Waals surface area (Å²) in [7, 11) is 9.17. The van der Waals surface area contributed by atoms with Crippen molar-refractivity contribution in [3.63, 3.8) is 0 Å². The summed E-state index contributed by atoms with van der Waals surface area (Å²) in [6.07, 6.45) is 20.0. The average Bonchev–Trinajstić information content (AvgIpc) is 3.77. The molecule has 0 N–H and O–H groups in total. The van der Waals surface area contributed by atoms with Gasteiger partial charge in [-0.2, -0.15) is 10.2 Å². The van der Waals surface area contributed by atoms with Crippen LogP contribution in [0, 0.1) is 35.5 Å². The van der Waals surface area contributed by atoms with Crippen LogP contribution in [0.4, 0.5) is 0 Å². The summed E-state index contributed by atoms with van der Waals surface area (Å²) in [5, 5.41) is 11.9. The Labute approximate surface area is 325 Å². The number of rotatable bonds is 7. The van der Waals surface area contributed by atoms with E-state index >= 15 is 0 Å². The number of halogens is 2. The molecule has 5 aromatic rings. The van der Waals surface area contributed by atoms with E-state index in [9.17, 15) is 0 Å². The van der Waals surface area contributed by atoms with Gasteiger partial charge in [0.1, 0.15) is 17.1 Å². The monoisotopic (exact) mass is 838 g/mol. The third-order valence-electron chi connectivity index (χ3n) is 14.0. The number of nitrogens with zero attached hydrogens (tertiary/aromatic N) is 4. The Hall–Kier alpha value is -2.25. The Morgan fingerprint density at radius 2 is 0.981 bits per heavy atom. The van der Waals surface area contributed by atoms with Crippen LogP contribution in [0.3, 0.4) is 0 Å². The van der Waals surface area contributed by atoms with Crippen molar-refractivity contribution in [3.8, 4) is 33.9 Å². The van der Waals surface area contributed by atoms with Crippen LogP contribution in [0.5, 0.6) is 0 Å². The fraction of sp³-hybridized carbons (Fsp3) is 0.455. The minimum atomic E-state index is -0.455. The molecule has 0 amide bonds. The zero-order valence-electron chi connectivity index (χ0n) is 29.6. The third-order valence-corrected chi connectivity index (χ3v) is 17.8. The van der Waals surface area contributed by atoms with E-state index < -0.39 is 7.92 Å². The van der Waals surface area contributed by atoms with E-state index in [0.29, 0.717) is 10.3 Å². The summed E-state index contributed by atoms with van der Waals surface area (Å²) in [6, 6.07) is 35.2. The van der Waals surface area contributed by atoms with E-state index in [1.165, 1.54) is 82.6 Å². The largest absolute Gasteiger partial charge is 0.230 e. The maximum atomic E-state index is 5.53. The average molecular weight is 840 g/mol. The van der Waals surface area contributed by atoms with Crippen molar-refractivity contribution in [2.24, 2.45) is 35.5 Å². The number of para-hydroxylation sites is 1. The summed E-state index contributed by atoms with van der Waals surface area (Å²) >= 11 is -0.106. The first-order valence-electron chi connectivity index (χ1n) is 19.5. The Bertz CT molecular complexity index is 1910. The van der Waals surface area contributed by atoms with Crippen LogP contribution in [-0.2, 0) is 15.9 Å². The predicted molar refractivity (Wildman–Crippen MR) is 212 cm³/mol. The smallest absolute Gasteiger partial charge is 0.120 e. The molecule has 0 atom stereocenters. The Balaban J connectivity index is 0.00000109. The summed E-state index contributed by atoms with van der Waals surface area (Å²) in [5.41, 5.74) is 8.30. The SMILES string of the molecule is [Cl][Pd][Cl].c1ccc(-c2nn(-c3ccccc3)c(-c3ccccc3)c2-n2nccc2P(C23CC4CC(CC(C4)C2)C3)C23CC4CC(CC(C4)C2)C3)cc1. The molecule has 0 saturated heterocycles. The molecule has 2 heterocycles. The van der Waals surface area contributed by atoms with Crippen LogP contribution in [0.15, 0.2) is 103 Å². The molecule has 8 bridgehead atoms. The molecule has 0 aliphatic heterocycles. The molecule has 8 saturated carbocycles. The Morgan fingerprint density at radius 1 is 0.558 bits per heavy atom. The second-order valence-corrected chi connectivity index (χ2v) is 22.7. The van der Waals surface area contributed by atoms with Crippen molar-refractivity contribution in [1.82, 2.24) is 19.6 Å². The standard InChI is InChI=1S/C44H47N4P.2ClH.Pd/c1-4-10-36(11-5-1)40-42(41(37-12-6-2-7-13-37)47(46-40)38-14-8-3-9-15-38)48-39(16-17-45-48)49(43-24-30-18-31(25-43)20-32(19-30)26-43)44-27-33-21-34(28-44)23-35(22-33)29-44;;;/h1-17,30-35H,18-29H2;2*1H;/q;;;+2/p-2. The Morgan fingerprint density at radius 3 is 1.44 bits per heavy atom. The molecular weight excluding hydrogens is 793 g/mol. The van der Waals surface area contributed by atoms with Gasteiger partial charge in [-0.15, -0.1) is 0 Å². The van der Waals surface area contributed by atoms with Crippen molar-refractivity contribution >= 4 is 32.4 Å². The van der Waals surface area contributed by atoms with Crippen molar-refractivity contribution < 1.29 is 15.9 Å². The van der Waals surface area contributed by atoms with Crippen molar-refractivity contribution in [2.75, 3.05) is 0 Å². The predicted octanol–water partition coefficient (Wildman–Crippen LogP) is 11.8. The van der Waals surface area contributed by atoms with Gasteiger partial charge in [0, 0.05) is 11.1 Å².